The van der Waals surface area contributed by atoms with Gasteiger partial charge in [-0.25, -0.2) is 4.98 Å². The summed E-state index contributed by atoms with van der Waals surface area (Å²) in [6.45, 7) is 0. The van der Waals surface area contributed by atoms with Crippen molar-refractivity contribution in [2.24, 2.45) is 0 Å². The smallest absolute Gasteiger partial charge is 0.227 e. The number of para-hydroxylation sites is 1. The molecule has 0 aliphatic heterocycles. The van der Waals surface area contributed by atoms with Crippen molar-refractivity contribution >= 4 is 54.6 Å². The Morgan fingerprint density at radius 1 is 0.405 bits per heavy atom. The molecule has 3 nitrogen and oxygen atoms in total. The quantitative estimate of drug-likeness (QED) is 0.221. The summed E-state index contributed by atoms with van der Waals surface area (Å²) in [6, 6.07) is 44.8. The molecule has 9 aromatic rings. The second kappa shape index (κ2) is 7.96. The molecule has 3 heteroatoms. The fourth-order valence-electron chi connectivity index (χ4n) is 7.00. The van der Waals surface area contributed by atoms with Gasteiger partial charge in [-0.1, -0.05) is 91.0 Å². The molecule has 194 valence electrons. The van der Waals surface area contributed by atoms with Crippen molar-refractivity contribution in [3.05, 3.63) is 127 Å². The third-order valence-electron chi connectivity index (χ3n) is 8.83. The molecule has 0 bridgehead atoms. The minimum atomic E-state index is 0.640. The SMILES string of the molecule is c1ccc(-c2nc3cc(-c4ccc5c(c4)-c4cccc6c4c-5cc4oc5ccccc5c46)c4ccccc4c3o2)cc1. The third-order valence-corrected chi connectivity index (χ3v) is 8.83. The highest BCUT2D eigenvalue weighted by Crippen LogP contribution is 2.52. The van der Waals surface area contributed by atoms with Crippen LogP contribution < -0.4 is 0 Å². The van der Waals surface area contributed by atoms with Crippen LogP contribution in [0, 0.1) is 0 Å². The fraction of sp³-hybridized carbons (Fsp3) is 0. The summed E-state index contributed by atoms with van der Waals surface area (Å²) in [4.78, 5) is 4.93. The molecular formula is C39H21NO2. The molecule has 0 atom stereocenters. The van der Waals surface area contributed by atoms with Crippen molar-refractivity contribution in [2.75, 3.05) is 0 Å². The van der Waals surface area contributed by atoms with E-state index >= 15 is 0 Å². The molecule has 0 radical (unpaired) electrons. The van der Waals surface area contributed by atoms with E-state index in [1.165, 1.54) is 38.4 Å². The number of hydrogen-bond acceptors (Lipinski definition) is 3. The first-order valence-corrected chi connectivity index (χ1v) is 14.2. The Balaban J connectivity index is 1.21. The van der Waals surface area contributed by atoms with E-state index in [4.69, 9.17) is 13.8 Å². The van der Waals surface area contributed by atoms with E-state index in [2.05, 4.69) is 91.0 Å². The zero-order valence-corrected chi connectivity index (χ0v) is 22.4. The maximum absolute atomic E-state index is 6.35. The third kappa shape index (κ3) is 2.87. The normalized spacial score (nSPS) is 12.3. The molecule has 1 aliphatic rings. The summed E-state index contributed by atoms with van der Waals surface area (Å²) < 4.78 is 12.7. The van der Waals surface area contributed by atoms with E-state index in [1.54, 1.807) is 0 Å². The predicted molar refractivity (Wildman–Crippen MR) is 172 cm³/mol. The van der Waals surface area contributed by atoms with Crippen molar-refractivity contribution in [3.8, 4) is 44.8 Å². The number of benzene rings is 7. The molecular weight excluding hydrogens is 514 g/mol. The first-order valence-electron chi connectivity index (χ1n) is 14.2. The van der Waals surface area contributed by atoms with Gasteiger partial charge in [0.15, 0.2) is 5.58 Å². The van der Waals surface area contributed by atoms with Crippen LogP contribution in [-0.4, -0.2) is 4.98 Å². The molecule has 0 saturated carbocycles. The van der Waals surface area contributed by atoms with Gasteiger partial charge in [0.1, 0.15) is 16.7 Å². The van der Waals surface area contributed by atoms with Gasteiger partial charge in [-0.3, -0.25) is 0 Å². The second-order valence-corrected chi connectivity index (χ2v) is 11.1. The zero-order valence-electron chi connectivity index (χ0n) is 22.4. The van der Waals surface area contributed by atoms with E-state index in [1.807, 2.05) is 36.4 Å². The maximum Gasteiger partial charge on any atom is 0.227 e. The lowest BCUT2D eigenvalue weighted by Crippen LogP contribution is -1.85. The average Bonchev–Trinajstić information content (AvgIpc) is 3.74. The number of aromatic nitrogens is 1. The van der Waals surface area contributed by atoms with Crippen LogP contribution in [0.15, 0.2) is 136 Å². The Labute approximate surface area is 240 Å². The molecule has 2 aromatic heterocycles. The van der Waals surface area contributed by atoms with Gasteiger partial charge < -0.3 is 8.83 Å². The number of furan rings is 1. The van der Waals surface area contributed by atoms with Crippen molar-refractivity contribution < 1.29 is 8.83 Å². The average molecular weight is 536 g/mol. The van der Waals surface area contributed by atoms with E-state index in [9.17, 15) is 0 Å². The van der Waals surface area contributed by atoms with Gasteiger partial charge >= 0.3 is 0 Å². The Hall–Kier alpha value is -5.67. The molecule has 1 aliphatic carbocycles. The Morgan fingerprint density at radius 2 is 1.19 bits per heavy atom. The number of rotatable bonds is 2. The van der Waals surface area contributed by atoms with E-state index in [0.29, 0.717) is 5.89 Å². The Morgan fingerprint density at radius 3 is 2.10 bits per heavy atom. The van der Waals surface area contributed by atoms with Crippen molar-refractivity contribution in [1.82, 2.24) is 4.98 Å². The van der Waals surface area contributed by atoms with Crippen LogP contribution in [0.25, 0.3) is 99.4 Å². The standard InChI is InChI=1S/C39H21NO2/c1-2-9-22(10-3-1)39-40-33-20-30(24-11-4-5-12-27(24)38(33)42-39)23-17-18-25-31(19-23)26-14-8-15-29-36(26)32(25)21-35-37(29)28-13-6-7-16-34(28)41-35/h1-21H. The van der Waals surface area contributed by atoms with Crippen LogP contribution in [-0.2, 0) is 0 Å². The van der Waals surface area contributed by atoms with Gasteiger partial charge in [-0.15, -0.1) is 0 Å². The van der Waals surface area contributed by atoms with Gasteiger partial charge in [0, 0.05) is 21.7 Å². The monoisotopic (exact) mass is 535 g/mol. The minimum absolute atomic E-state index is 0.640. The van der Waals surface area contributed by atoms with Gasteiger partial charge in [0.05, 0.1) is 0 Å². The zero-order chi connectivity index (χ0) is 27.4. The number of fused-ring (bicyclic) bond motifs is 10. The molecule has 0 N–H and O–H groups in total. The van der Waals surface area contributed by atoms with Crippen molar-refractivity contribution in [1.29, 1.82) is 0 Å². The highest BCUT2D eigenvalue weighted by Gasteiger charge is 2.25. The minimum Gasteiger partial charge on any atom is -0.456 e. The molecule has 10 rings (SSSR count). The Bertz CT molecular complexity index is 2570. The van der Waals surface area contributed by atoms with E-state index in [-0.39, 0.29) is 0 Å². The fourth-order valence-corrected chi connectivity index (χ4v) is 7.00. The Kier molecular flexibility index (Phi) is 4.18. The number of hydrogen-bond donors (Lipinski definition) is 0. The van der Waals surface area contributed by atoms with Crippen molar-refractivity contribution in [3.63, 3.8) is 0 Å². The second-order valence-electron chi connectivity index (χ2n) is 11.1. The summed E-state index contributed by atoms with van der Waals surface area (Å²) in [7, 11) is 0. The lowest BCUT2D eigenvalue weighted by atomic mass is 9.93. The predicted octanol–water partition coefficient (Wildman–Crippen LogP) is 11.0. The van der Waals surface area contributed by atoms with Gasteiger partial charge in [-0.2, -0.15) is 0 Å². The van der Waals surface area contributed by atoms with Crippen LogP contribution in [0.2, 0.25) is 0 Å². The van der Waals surface area contributed by atoms with E-state index in [0.717, 1.165) is 55.1 Å². The van der Waals surface area contributed by atoms with Gasteiger partial charge in [0.2, 0.25) is 5.89 Å². The van der Waals surface area contributed by atoms with E-state index < -0.39 is 0 Å². The number of oxazole rings is 1. The molecule has 2 heterocycles. The molecule has 42 heavy (non-hydrogen) atoms. The molecule has 0 spiro atoms. The summed E-state index contributed by atoms with van der Waals surface area (Å²) in [5.74, 6) is 0.640. The first-order chi connectivity index (χ1) is 20.8. The van der Waals surface area contributed by atoms with Gasteiger partial charge in [0.25, 0.3) is 0 Å². The lowest BCUT2D eigenvalue weighted by Gasteiger charge is -2.10. The van der Waals surface area contributed by atoms with Crippen LogP contribution in [0.1, 0.15) is 0 Å². The summed E-state index contributed by atoms with van der Waals surface area (Å²) in [5, 5.41) is 7.11. The molecule has 0 saturated heterocycles. The molecule has 7 aromatic carbocycles. The largest absolute Gasteiger partial charge is 0.456 e. The maximum atomic E-state index is 6.35. The topological polar surface area (TPSA) is 39.2 Å². The van der Waals surface area contributed by atoms with Gasteiger partial charge in [-0.05, 0) is 85.9 Å². The summed E-state index contributed by atoms with van der Waals surface area (Å²) in [5.41, 5.74) is 11.8. The molecule has 0 unspecified atom stereocenters. The highest BCUT2D eigenvalue weighted by molar-refractivity contribution is 6.28. The molecule has 0 amide bonds. The molecule has 0 fully saturated rings. The van der Waals surface area contributed by atoms with Crippen LogP contribution in [0.4, 0.5) is 0 Å². The summed E-state index contributed by atoms with van der Waals surface area (Å²) >= 11 is 0. The van der Waals surface area contributed by atoms with Crippen LogP contribution in [0.5, 0.6) is 0 Å². The van der Waals surface area contributed by atoms with Crippen LogP contribution in [0.3, 0.4) is 0 Å². The van der Waals surface area contributed by atoms with Crippen LogP contribution >= 0.6 is 0 Å². The van der Waals surface area contributed by atoms with Crippen molar-refractivity contribution in [2.45, 2.75) is 0 Å². The first kappa shape index (κ1) is 22.1. The number of nitrogens with zero attached hydrogens (tertiary/aromatic N) is 1. The summed E-state index contributed by atoms with van der Waals surface area (Å²) in [6.07, 6.45) is 0. The highest BCUT2D eigenvalue weighted by atomic mass is 16.3. The lowest BCUT2D eigenvalue weighted by molar-refractivity contribution is 0.623.